The van der Waals surface area contributed by atoms with Crippen LogP contribution in [0.3, 0.4) is 0 Å². The molecule has 0 amide bonds. The Kier molecular flexibility index (Phi) is 4.25. The van der Waals surface area contributed by atoms with Gasteiger partial charge in [-0.3, -0.25) is 0 Å². The lowest BCUT2D eigenvalue weighted by atomic mass is 10.0. The Balaban J connectivity index is 2.47. The van der Waals surface area contributed by atoms with Crippen molar-refractivity contribution in [1.29, 1.82) is 5.26 Å². The molecule has 0 spiro atoms. The Morgan fingerprint density at radius 1 is 1.19 bits per heavy atom. The van der Waals surface area contributed by atoms with Gasteiger partial charge in [0.15, 0.2) is 11.6 Å². The van der Waals surface area contributed by atoms with Crippen molar-refractivity contribution < 1.29 is 14.2 Å². The van der Waals surface area contributed by atoms with Crippen LogP contribution in [0.2, 0.25) is 0 Å². The van der Waals surface area contributed by atoms with E-state index in [9.17, 15) is 9.50 Å². The van der Waals surface area contributed by atoms with Crippen molar-refractivity contribution in [2.75, 3.05) is 0 Å². The smallest absolute Gasteiger partial charge is 0.181 e. The number of hydrogen-bond donors (Lipinski definition) is 1. The monoisotopic (exact) mass is 285 g/mol. The molecule has 21 heavy (non-hydrogen) atoms. The molecule has 0 aliphatic rings. The molecule has 3 nitrogen and oxygen atoms in total. The predicted molar refractivity (Wildman–Crippen MR) is 77.7 cm³/mol. The summed E-state index contributed by atoms with van der Waals surface area (Å²) in [5.41, 5.74) is 2.45. The standard InChI is InChI=1S/C17H16FNO2/c1-10-4-6-13(8-14(10)12(3)20)21-17-15(9-19)11(2)5-7-16(17)18/h4-8,12,20H,1-3H3. The molecule has 0 aromatic heterocycles. The molecule has 0 heterocycles. The molecule has 0 aliphatic carbocycles. The fraction of sp³-hybridized carbons (Fsp3) is 0.235. The third-order valence-corrected chi connectivity index (χ3v) is 3.35. The van der Waals surface area contributed by atoms with Gasteiger partial charge in [0.25, 0.3) is 0 Å². The molecule has 2 aromatic rings. The summed E-state index contributed by atoms with van der Waals surface area (Å²) in [6.45, 7) is 5.25. The quantitative estimate of drug-likeness (QED) is 0.921. The topological polar surface area (TPSA) is 53.2 Å². The molecule has 0 bridgehead atoms. The SMILES string of the molecule is Cc1ccc(Oc2c(F)ccc(C)c2C#N)cc1C(C)O. The maximum absolute atomic E-state index is 13.9. The van der Waals surface area contributed by atoms with E-state index in [0.717, 1.165) is 5.56 Å². The summed E-state index contributed by atoms with van der Waals surface area (Å²) < 4.78 is 19.5. The van der Waals surface area contributed by atoms with Gasteiger partial charge in [-0.2, -0.15) is 5.26 Å². The Bertz CT molecular complexity index is 717. The number of rotatable bonds is 3. The second kappa shape index (κ2) is 5.94. The van der Waals surface area contributed by atoms with Crippen molar-refractivity contribution in [3.05, 3.63) is 58.4 Å². The highest BCUT2D eigenvalue weighted by Gasteiger charge is 2.15. The molecule has 0 saturated carbocycles. The average molecular weight is 285 g/mol. The molecule has 1 N–H and O–H groups in total. The number of ether oxygens (including phenoxy) is 1. The van der Waals surface area contributed by atoms with Crippen molar-refractivity contribution >= 4 is 0 Å². The first-order valence-corrected chi connectivity index (χ1v) is 6.59. The fourth-order valence-electron chi connectivity index (χ4n) is 2.14. The Hall–Kier alpha value is -2.38. The molecule has 0 aliphatic heterocycles. The van der Waals surface area contributed by atoms with Gasteiger partial charge in [-0.25, -0.2) is 4.39 Å². The van der Waals surface area contributed by atoms with E-state index >= 15 is 0 Å². The van der Waals surface area contributed by atoms with Crippen molar-refractivity contribution in [3.8, 4) is 17.6 Å². The van der Waals surface area contributed by atoms with Gasteiger partial charge in [-0.05, 0) is 55.7 Å². The van der Waals surface area contributed by atoms with Crippen LogP contribution >= 0.6 is 0 Å². The summed E-state index contributed by atoms with van der Waals surface area (Å²) >= 11 is 0. The van der Waals surface area contributed by atoms with E-state index < -0.39 is 11.9 Å². The van der Waals surface area contributed by atoms with Crippen molar-refractivity contribution in [1.82, 2.24) is 0 Å². The highest BCUT2D eigenvalue weighted by molar-refractivity contribution is 5.51. The lowest BCUT2D eigenvalue weighted by Gasteiger charge is -2.14. The molecule has 0 saturated heterocycles. The zero-order chi connectivity index (χ0) is 15.6. The minimum Gasteiger partial charge on any atom is -0.453 e. The maximum atomic E-state index is 13.9. The molecule has 1 atom stereocenters. The van der Waals surface area contributed by atoms with E-state index in [4.69, 9.17) is 10.00 Å². The van der Waals surface area contributed by atoms with Gasteiger partial charge >= 0.3 is 0 Å². The molecule has 4 heteroatoms. The number of halogens is 1. The Morgan fingerprint density at radius 3 is 2.48 bits per heavy atom. The Labute approximate surface area is 123 Å². The molecule has 108 valence electrons. The molecular formula is C17H16FNO2. The van der Waals surface area contributed by atoms with Crippen molar-refractivity contribution in [2.45, 2.75) is 26.9 Å². The molecule has 0 fully saturated rings. The molecule has 0 radical (unpaired) electrons. The van der Waals surface area contributed by atoms with Gasteiger partial charge in [0, 0.05) is 0 Å². The lowest BCUT2D eigenvalue weighted by Crippen LogP contribution is -1.98. The van der Waals surface area contributed by atoms with Crippen LogP contribution in [0, 0.1) is 31.0 Å². The summed E-state index contributed by atoms with van der Waals surface area (Å²) in [7, 11) is 0. The van der Waals surface area contributed by atoms with E-state index in [0.29, 0.717) is 16.9 Å². The molecular weight excluding hydrogens is 269 g/mol. The summed E-state index contributed by atoms with van der Waals surface area (Å²) in [5.74, 6) is -0.285. The van der Waals surface area contributed by atoms with Crippen LogP contribution in [0.15, 0.2) is 30.3 Å². The summed E-state index contributed by atoms with van der Waals surface area (Å²) in [4.78, 5) is 0. The predicted octanol–water partition coefficient (Wildman–Crippen LogP) is 4.16. The van der Waals surface area contributed by atoms with Crippen LogP contribution in [0.4, 0.5) is 4.39 Å². The highest BCUT2D eigenvalue weighted by atomic mass is 19.1. The number of nitrogens with zero attached hydrogens (tertiary/aromatic N) is 1. The zero-order valence-electron chi connectivity index (χ0n) is 12.1. The molecule has 2 aromatic carbocycles. The number of nitriles is 1. The van der Waals surface area contributed by atoms with Crippen molar-refractivity contribution in [3.63, 3.8) is 0 Å². The fourth-order valence-corrected chi connectivity index (χ4v) is 2.14. The van der Waals surface area contributed by atoms with Gasteiger partial charge in [-0.15, -0.1) is 0 Å². The first-order chi connectivity index (χ1) is 9.93. The largest absolute Gasteiger partial charge is 0.453 e. The number of aliphatic hydroxyl groups excluding tert-OH is 1. The molecule has 1 unspecified atom stereocenters. The van der Waals surface area contributed by atoms with Crippen LogP contribution in [-0.2, 0) is 0 Å². The van der Waals surface area contributed by atoms with Gasteiger partial charge in [-0.1, -0.05) is 12.1 Å². The number of aryl methyl sites for hydroxylation is 2. The van der Waals surface area contributed by atoms with Crippen LogP contribution < -0.4 is 4.74 Å². The van der Waals surface area contributed by atoms with Crippen LogP contribution in [-0.4, -0.2) is 5.11 Å². The summed E-state index contributed by atoms with van der Waals surface area (Å²) in [6.07, 6.45) is -0.647. The van der Waals surface area contributed by atoms with E-state index in [1.165, 1.54) is 12.1 Å². The van der Waals surface area contributed by atoms with Crippen LogP contribution in [0.5, 0.6) is 11.5 Å². The first-order valence-electron chi connectivity index (χ1n) is 6.59. The average Bonchev–Trinajstić information content (AvgIpc) is 2.44. The summed E-state index contributed by atoms with van der Waals surface area (Å²) in [5, 5.41) is 18.9. The van der Waals surface area contributed by atoms with E-state index in [2.05, 4.69) is 0 Å². The zero-order valence-corrected chi connectivity index (χ0v) is 12.1. The lowest BCUT2D eigenvalue weighted by molar-refractivity contribution is 0.198. The van der Waals surface area contributed by atoms with Gasteiger partial charge in [0.05, 0.1) is 6.10 Å². The van der Waals surface area contributed by atoms with E-state index in [1.807, 2.05) is 13.0 Å². The maximum Gasteiger partial charge on any atom is 0.181 e. The summed E-state index contributed by atoms with van der Waals surface area (Å²) in [6, 6.07) is 9.90. The third-order valence-electron chi connectivity index (χ3n) is 3.35. The number of hydrogen-bond acceptors (Lipinski definition) is 3. The van der Waals surface area contributed by atoms with Crippen molar-refractivity contribution in [2.24, 2.45) is 0 Å². The van der Waals surface area contributed by atoms with E-state index in [1.54, 1.807) is 32.0 Å². The van der Waals surface area contributed by atoms with Gasteiger partial charge < -0.3 is 9.84 Å². The van der Waals surface area contributed by atoms with Gasteiger partial charge in [0.1, 0.15) is 17.4 Å². The van der Waals surface area contributed by atoms with Crippen LogP contribution in [0.1, 0.15) is 35.3 Å². The van der Waals surface area contributed by atoms with E-state index in [-0.39, 0.29) is 11.3 Å². The van der Waals surface area contributed by atoms with Crippen LogP contribution in [0.25, 0.3) is 0 Å². The number of benzene rings is 2. The minimum absolute atomic E-state index is 0.0853. The highest BCUT2D eigenvalue weighted by Crippen LogP contribution is 2.32. The minimum atomic E-state index is -0.647. The molecule has 2 rings (SSSR count). The third kappa shape index (κ3) is 3.04. The normalized spacial score (nSPS) is 11.8. The van der Waals surface area contributed by atoms with Gasteiger partial charge in [0.2, 0.25) is 0 Å². The second-order valence-corrected chi connectivity index (χ2v) is 4.98. The second-order valence-electron chi connectivity index (χ2n) is 4.98. The Morgan fingerprint density at radius 2 is 1.86 bits per heavy atom. The first kappa shape index (κ1) is 15.0. The number of aliphatic hydroxyl groups is 1.